The zero-order chi connectivity index (χ0) is 15.7. The maximum atomic E-state index is 12.2. The van der Waals surface area contributed by atoms with Gasteiger partial charge in [0, 0.05) is 45.5 Å². The minimum atomic E-state index is -0.491. The Morgan fingerprint density at radius 1 is 1.36 bits per heavy atom. The van der Waals surface area contributed by atoms with Crippen LogP contribution in [0.25, 0.3) is 0 Å². The van der Waals surface area contributed by atoms with Crippen molar-refractivity contribution in [2.45, 2.75) is 31.3 Å². The molecule has 122 valence electrons. The molecule has 3 aliphatic rings. The molecule has 1 aliphatic carbocycles. The molecule has 0 radical (unpaired) electrons. The van der Waals surface area contributed by atoms with Crippen molar-refractivity contribution in [1.29, 1.82) is 0 Å². The highest BCUT2D eigenvalue weighted by molar-refractivity contribution is 5.95. The summed E-state index contributed by atoms with van der Waals surface area (Å²) in [5.74, 6) is 1.14. The van der Waals surface area contributed by atoms with Crippen LogP contribution in [-0.4, -0.2) is 66.6 Å². The summed E-state index contributed by atoms with van der Waals surface area (Å²) >= 11 is 0. The highest BCUT2D eigenvalue weighted by Crippen LogP contribution is 2.36. The lowest BCUT2D eigenvalue weighted by Gasteiger charge is -2.47. The molecule has 0 bridgehead atoms. The van der Waals surface area contributed by atoms with E-state index in [-0.39, 0.29) is 17.8 Å². The monoisotopic (exact) mass is 308 g/mol. The van der Waals surface area contributed by atoms with E-state index in [1.807, 2.05) is 9.80 Å². The Morgan fingerprint density at radius 2 is 2.05 bits per heavy atom. The number of rotatable bonds is 4. The van der Waals surface area contributed by atoms with Crippen molar-refractivity contribution in [1.82, 2.24) is 9.80 Å². The molecule has 0 aromatic rings. The number of piperidine rings is 1. The van der Waals surface area contributed by atoms with Crippen LogP contribution in [0.15, 0.2) is 9.98 Å². The second-order valence-electron chi connectivity index (χ2n) is 6.17. The maximum Gasteiger partial charge on any atom is 0.225 e. The number of likely N-dealkylation sites (tertiary alicyclic amines) is 1. The lowest BCUT2D eigenvalue weighted by atomic mass is 9.94. The first kappa shape index (κ1) is 15.1. The van der Waals surface area contributed by atoms with Crippen molar-refractivity contribution < 1.29 is 9.53 Å². The number of hydrogen-bond acceptors (Lipinski definition) is 7. The summed E-state index contributed by atoms with van der Waals surface area (Å²) in [5.41, 5.74) is 11.4. The average molecular weight is 308 g/mol. The number of carbonyl (C=O) groups excluding carboxylic acids is 1. The van der Waals surface area contributed by atoms with Crippen LogP contribution in [0.3, 0.4) is 0 Å². The molecular formula is C14H24N6O2. The van der Waals surface area contributed by atoms with Gasteiger partial charge in [-0.15, -0.1) is 0 Å². The number of nitrogens with two attached hydrogens (primary N) is 2. The first-order valence-corrected chi connectivity index (χ1v) is 7.80. The number of ether oxygens (including phenoxy) is 1. The van der Waals surface area contributed by atoms with Gasteiger partial charge in [-0.1, -0.05) is 0 Å². The van der Waals surface area contributed by atoms with Gasteiger partial charge in [-0.05, 0) is 12.8 Å². The second kappa shape index (κ2) is 5.75. The SMILES string of the molecule is COCCN1C(N)=NC(N)=NC12CCN(C(=O)C1CC1)CC2. The molecule has 2 fully saturated rings. The van der Waals surface area contributed by atoms with E-state index < -0.39 is 5.66 Å². The smallest absolute Gasteiger partial charge is 0.225 e. The predicted octanol–water partition coefficient (Wildman–Crippen LogP) is -0.693. The molecule has 1 saturated heterocycles. The molecule has 1 spiro atoms. The summed E-state index contributed by atoms with van der Waals surface area (Å²) in [6, 6.07) is 0. The Morgan fingerprint density at radius 3 is 2.64 bits per heavy atom. The van der Waals surface area contributed by atoms with Crippen LogP contribution in [0.5, 0.6) is 0 Å². The number of nitrogens with zero attached hydrogens (tertiary/aromatic N) is 4. The number of amides is 1. The summed E-state index contributed by atoms with van der Waals surface area (Å²) in [6.45, 7) is 2.52. The third-order valence-electron chi connectivity index (χ3n) is 4.65. The maximum absolute atomic E-state index is 12.2. The van der Waals surface area contributed by atoms with Gasteiger partial charge in [-0.25, -0.2) is 4.99 Å². The third-order valence-corrected chi connectivity index (χ3v) is 4.65. The molecule has 1 amide bonds. The average Bonchev–Trinajstić information content (AvgIpc) is 3.31. The molecule has 22 heavy (non-hydrogen) atoms. The van der Waals surface area contributed by atoms with E-state index in [0.29, 0.717) is 45.0 Å². The molecule has 8 heteroatoms. The van der Waals surface area contributed by atoms with Gasteiger partial charge in [-0.3, -0.25) is 4.79 Å². The van der Waals surface area contributed by atoms with E-state index in [0.717, 1.165) is 12.8 Å². The first-order chi connectivity index (χ1) is 10.6. The molecule has 2 heterocycles. The standard InChI is InChI=1S/C14H24N6O2/c1-22-9-8-20-13(16)17-12(15)18-14(20)4-6-19(7-5-14)11(21)10-2-3-10/h10H,2-9H2,1H3,(H4,15,16,17,18). The molecule has 8 nitrogen and oxygen atoms in total. The van der Waals surface area contributed by atoms with Crippen molar-refractivity contribution in [3.8, 4) is 0 Å². The normalized spacial score (nSPS) is 24.2. The highest BCUT2D eigenvalue weighted by atomic mass is 16.5. The molecule has 0 atom stereocenters. The van der Waals surface area contributed by atoms with Gasteiger partial charge < -0.3 is 26.0 Å². The Balaban J connectivity index is 1.72. The summed E-state index contributed by atoms with van der Waals surface area (Å²) in [4.78, 5) is 24.8. The second-order valence-corrected chi connectivity index (χ2v) is 6.17. The fraction of sp³-hybridized carbons (Fsp3) is 0.786. The number of hydrogen-bond donors (Lipinski definition) is 2. The molecule has 1 saturated carbocycles. The molecule has 0 aromatic heterocycles. The topological polar surface area (TPSA) is 110 Å². The summed E-state index contributed by atoms with van der Waals surface area (Å²) in [6.07, 6.45) is 3.49. The molecule has 2 aliphatic heterocycles. The van der Waals surface area contributed by atoms with Crippen molar-refractivity contribution in [2.24, 2.45) is 27.4 Å². The van der Waals surface area contributed by atoms with E-state index in [2.05, 4.69) is 9.98 Å². The van der Waals surface area contributed by atoms with Crippen LogP contribution in [-0.2, 0) is 9.53 Å². The number of carbonyl (C=O) groups is 1. The Hall–Kier alpha value is -1.83. The van der Waals surface area contributed by atoms with Crippen LogP contribution in [0.1, 0.15) is 25.7 Å². The lowest BCUT2D eigenvalue weighted by Crippen LogP contribution is -2.62. The lowest BCUT2D eigenvalue weighted by molar-refractivity contribution is -0.134. The summed E-state index contributed by atoms with van der Waals surface area (Å²) < 4.78 is 5.16. The van der Waals surface area contributed by atoms with E-state index in [1.54, 1.807) is 7.11 Å². The zero-order valence-electron chi connectivity index (χ0n) is 13.0. The van der Waals surface area contributed by atoms with Crippen LogP contribution < -0.4 is 11.5 Å². The number of methoxy groups -OCH3 is 1. The molecule has 0 unspecified atom stereocenters. The van der Waals surface area contributed by atoms with Gasteiger partial charge in [0.1, 0.15) is 5.66 Å². The highest BCUT2D eigenvalue weighted by Gasteiger charge is 2.45. The number of guanidine groups is 2. The van der Waals surface area contributed by atoms with Gasteiger partial charge in [-0.2, -0.15) is 4.99 Å². The minimum Gasteiger partial charge on any atom is -0.383 e. The molecule has 4 N–H and O–H groups in total. The predicted molar refractivity (Wildman–Crippen MR) is 83.1 cm³/mol. The summed E-state index contributed by atoms with van der Waals surface area (Å²) in [7, 11) is 1.65. The van der Waals surface area contributed by atoms with Crippen LogP contribution in [0.4, 0.5) is 0 Å². The van der Waals surface area contributed by atoms with Crippen molar-refractivity contribution >= 4 is 17.8 Å². The van der Waals surface area contributed by atoms with Gasteiger partial charge in [0.15, 0.2) is 0 Å². The Labute approximate surface area is 130 Å². The Bertz CT molecular complexity index is 505. The van der Waals surface area contributed by atoms with Crippen LogP contribution in [0, 0.1) is 5.92 Å². The van der Waals surface area contributed by atoms with E-state index in [1.165, 1.54) is 0 Å². The first-order valence-electron chi connectivity index (χ1n) is 7.80. The van der Waals surface area contributed by atoms with Gasteiger partial charge in [0.25, 0.3) is 0 Å². The van der Waals surface area contributed by atoms with Crippen molar-refractivity contribution in [3.63, 3.8) is 0 Å². The van der Waals surface area contributed by atoms with Gasteiger partial charge >= 0.3 is 0 Å². The van der Waals surface area contributed by atoms with Crippen molar-refractivity contribution in [2.75, 3.05) is 33.4 Å². The minimum absolute atomic E-state index is 0.216. The van der Waals surface area contributed by atoms with Crippen LogP contribution in [0.2, 0.25) is 0 Å². The van der Waals surface area contributed by atoms with Crippen LogP contribution >= 0.6 is 0 Å². The largest absolute Gasteiger partial charge is 0.383 e. The molecule has 3 rings (SSSR count). The van der Waals surface area contributed by atoms with Gasteiger partial charge in [0.2, 0.25) is 17.8 Å². The van der Waals surface area contributed by atoms with E-state index >= 15 is 0 Å². The fourth-order valence-electron chi connectivity index (χ4n) is 3.25. The van der Waals surface area contributed by atoms with E-state index in [4.69, 9.17) is 16.2 Å². The van der Waals surface area contributed by atoms with E-state index in [9.17, 15) is 4.79 Å². The molecule has 0 aromatic carbocycles. The quantitative estimate of drug-likeness (QED) is 0.714. The van der Waals surface area contributed by atoms with Crippen molar-refractivity contribution in [3.05, 3.63) is 0 Å². The third kappa shape index (κ3) is 2.75. The Kier molecular flexibility index (Phi) is 3.94. The zero-order valence-corrected chi connectivity index (χ0v) is 13.0. The fourth-order valence-corrected chi connectivity index (χ4v) is 3.25. The number of aliphatic imine (C=N–C) groups is 2. The summed E-state index contributed by atoms with van der Waals surface area (Å²) in [5, 5.41) is 0. The van der Waals surface area contributed by atoms with Gasteiger partial charge in [0.05, 0.1) is 6.61 Å². The molecular weight excluding hydrogens is 284 g/mol.